The van der Waals surface area contributed by atoms with Crippen LogP contribution in [0, 0.1) is 0 Å². The van der Waals surface area contributed by atoms with Crippen molar-refractivity contribution in [2.24, 2.45) is 4.99 Å². The van der Waals surface area contributed by atoms with Crippen LogP contribution in [-0.4, -0.2) is 43.8 Å². The molecule has 0 bridgehead atoms. The van der Waals surface area contributed by atoms with Gasteiger partial charge in [0, 0.05) is 38.8 Å². The van der Waals surface area contributed by atoms with Crippen molar-refractivity contribution in [2.75, 3.05) is 19.8 Å². The molecule has 3 aromatic rings. The molecule has 0 aliphatic carbocycles. The SMILES string of the molecule is CN=C(NCCc1ccc(S(C)(=O)=O)cc1)NCc1nccn1CCc1ccccc1. The van der Waals surface area contributed by atoms with Gasteiger partial charge in [0.2, 0.25) is 0 Å². The molecule has 0 aliphatic rings. The van der Waals surface area contributed by atoms with E-state index in [2.05, 4.69) is 49.4 Å². The minimum absolute atomic E-state index is 0.337. The van der Waals surface area contributed by atoms with Crippen molar-refractivity contribution in [1.29, 1.82) is 0 Å². The smallest absolute Gasteiger partial charge is 0.191 e. The van der Waals surface area contributed by atoms with Gasteiger partial charge in [-0.1, -0.05) is 42.5 Å². The average molecular weight is 440 g/mol. The molecule has 0 fully saturated rings. The zero-order valence-corrected chi connectivity index (χ0v) is 18.8. The number of aliphatic imine (C=N–C) groups is 1. The number of nitrogens with one attached hydrogen (secondary N) is 2. The van der Waals surface area contributed by atoms with Gasteiger partial charge in [0.1, 0.15) is 5.82 Å². The topological polar surface area (TPSA) is 88.4 Å². The summed E-state index contributed by atoms with van der Waals surface area (Å²) in [6.07, 6.45) is 6.74. The average Bonchev–Trinajstić information content (AvgIpc) is 3.22. The number of sulfone groups is 1. The van der Waals surface area contributed by atoms with Gasteiger partial charge in [0.25, 0.3) is 0 Å². The normalized spacial score (nSPS) is 12.0. The predicted molar refractivity (Wildman–Crippen MR) is 124 cm³/mol. The standard InChI is InChI=1S/C23H29N5O2S/c1-24-23(26-14-12-20-8-10-21(11-9-20)31(2,29)30)27-18-22-25-15-17-28(22)16-13-19-6-4-3-5-7-19/h3-11,15,17H,12-14,16,18H2,1-2H3,(H2,24,26,27). The predicted octanol–water partition coefficient (Wildman–Crippen LogP) is 2.44. The van der Waals surface area contributed by atoms with Gasteiger partial charge < -0.3 is 15.2 Å². The number of aryl methyl sites for hydroxylation is 2. The summed E-state index contributed by atoms with van der Waals surface area (Å²) < 4.78 is 25.2. The number of nitrogens with zero attached hydrogens (tertiary/aromatic N) is 3. The number of benzene rings is 2. The van der Waals surface area contributed by atoms with E-state index >= 15 is 0 Å². The van der Waals surface area contributed by atoms with Crippen LogP contribution < -0.4 is 10.6 Å². The van der Waals surface area contributed by atoms with E-state index in [4.69, 9.17) is 0 Å². The summed E-state index contributed by atoms with van der Waals surface area (Å²) in [4.78, 5) is 9.06. The van der Waals surface area contributed by atoms with Gasteiger partial charge in [-0.25, -0.2) is 13.4 Å². The Labute approximate surface area is 184 Å². The summed E-state index contributed by atoms with van der Waals surface area (Å²) in [5.41, 5.74) is 2.36. The first-order chi connectivity index (χ1) is 15.0. The number of guanidine groups is 1. The number of hydrogen-bond acceptors (Lipinski definition) is 4. The molecule has 0 radical (unpaired) electrons. The van der Waals surface area contributed by atoms with Gasteiger partial charge in [0.05, 0.1) is 11.4 Å². The minimum atomic E-state index is -3.16. The van der Waals surface area contributed by atoms with Crippen LogP contribution in [0.25, 0.3) is 0 Å². The van der Waals surface area contributed by atoms with Crippen LogP contribution in [0.5, 0.6) is 0 Å². The van der Waals surface area contributed by atoms with Crippen molar-refractivity contribution >= 4 is 15.8 Å². The highest BCUT2D eigenvalue weighted by Gasteiger charge is 2.07. The second-order valence-electron chi connectivity index (χ2n) is 7.29. The fraction of sp³-hybridized carbons (Fsp3) is 0.304. The van der Waals surface area contributed by atoms with Crippen LogP contribution in [0.3, 0.4) is 0 Å². The molecule has 164 valence electrons. The lowest BCUT2D eigenvalue weighted by Crippen LogP contribution is -2.38. The maximum atomic E-state index is 11.5. The molecule has 0 amide bonds. The largest absolute Gasteiger partial charge is 0.356 e. The Morgan fingerprint density at radius 3 is 2.39 bits per heavy atom. The maximum absolute atomic E-state index is 11.5. The van der Waals surface area contributed by atoms with Crippen molar-refractivity contribution in [3.05, 3.63) is 83.9 Å². The summed E-state index contributed by atoms with van der Waals surface area (Å²) in [6.45, 7) is 2.13. The lowest BCUT2D eigenvalue weighted by atomic mass is 10.1. The number of hydrogen-bond donors (Lipinski definition) is 2. The van der Waals surface area contributed by atoms with Crippen LogP contribution in [-0.2, 0) is 35.8 Å². The van der Waals surface area contributed by atoms with Gasteiger partial charge in [-0.15, -0.1) is 0 Å². The van der Waals surface area contributed by atoms with E-state index in [-0.39, 0.29) is 0 Å². The third-order valence-electron chi connectivity index (χ3n) is 4.98. The molecule has 0 saturated carbocycles. The Kier molecular flexibility index (Phi) is 7.83. The Hall–Kier alpha value is -3.13. The summed E-state index contributed by atoms with van der Waals surface area (Å²) in [5, 5.41) is 6.59. The lowest BCUT2D eigenvalue weighted by Gasteiger charge is -2.13. The van der Waals surface area contributed by atoms with Crippen molar-refractivity contribution in [3.8, 4) is 0 Å². The molecule has 0 atom stereocenters. The quantitative estimate of drug-likeness (QED) is 0.395. The monoisotopic (exact) mass is 439 g/mol. The van der Waals surface area contributed by atoms with Crippen molar-refractivity contribution in [3.63, 3.8) is 0 Å². The molecule has 8 heteroatoms. The molecular weight excluding hydrogens is 410 g/mol. The second kappa shape index (κ2) is 10.8. The van der Waals surface area contributed by atoms with E-state index in [1.54, 1.807) is 19.2 Å². The van der Waals surface area contributed by atoms with E-state index in [1.165, 1.54) is 11.8 Å². The Balaban J connectivity index is 1.45. The molecule has 31 heavy (non-hydrogen) atoms. The van der Waals surface area contributed by atoms with Crippen LogP contribution >= 0.6 is 0 Å². The summed E-state index contributed by atoms with van der Waals surface area (Å²) in [7, 11) is -1.43. The van der Waals surface area contributed by atoms with Gasteiger partial charge in [0.15, 0.2) is 15.8 Å². The summed E-state index contributed by atoms with van der Waals surface area (Å²) in [6, 6.07) is 17.4. The molecule has 1 heterocycles. The zero-order chi connectivity index (χ0) is 22.1. The first kappa shape index (κ1) is 22.6. The van der Waals surface area contributed by atoms with Crippen LogP contribution in [0.15, 0.2) is 76.9 Å². The molecule has 2 N–H and O–H groups in total. The summed E-state index contributed by atoms with van der Waals surface area (Å²) in [5.74, 6) is 1.65. The minimum Gasteiger partial charge on any atom is -0.356 e. The molecule has 1 aromatic heterocycles. The van der Waals surface area contributed by atoms with Crippen LogP contribution in [0.1, 0.15) is 17.0 Å². The van der Waals surface area contributed by atoms with E-state index in [0.717, 1.165) is 30.8 Å². The molecular formula is C23H29N5O2S. The molecule has 3 rings (SSSR count). The van der Waals surface area contributed by atoms with Crippen molar-refractivity contribution in [1.82, 2.24) is 20.2 Å². The Morgan fingerprint density at radius 2 is 1.71 bits per heavy atom. The Bertz CT molecular complexity index is 1090. The molecule has 0 spiro atoms. The van der Waals surface area contributed by atoms with Gasteiger partial charge in [-0.2, -0.15) is 0 Å². The van der Waals surface area contributed by atoms with E-state index in [9.17, 15) is 8.42 Å². The van der Waals surface area contributed by atoms with E-state index in [1.807, 2.05) is 30.6 Å². The fourth-order valence-electron chi connectivity index (χ4n) is 3.22. The number of rotatable bonds is 9. The second-order valence-corrected chi connectivity index (χ2v) is 9.31. The Morgan fingerprint density at radius 1 is 1.00 bits per heavy atom. The number of aromatic nitrogens is 2. The molecule has 0 saturated heterocycles. The molecule has 2 aromatic carbocycles. The maximum Gasteiger partial charge on any atom is 0.191 e. The first-order valence-electron chi connectivity index (χ1n) is 10.2. The van der Waals surface area contributed by atoms with E-state index < -0.39 is 9.84 Å². The lowest BCUT2D eigenvalue weighted by molar-refractivity contribution is 0.602. The summed E-state index contributed by atoms with van der Waals surface area (Å²) >= 11 is 0. The van der Waals surface area contributed by atoms with Gasteiger partial charge in [-0.3, -0.25) is 4.99 Å². The van der Waals surface area contributed by atoms with Crippen molar-refractivity contribution in [2.45, 2.75) is 30.8 Å². The van der Waals surface area contributed by atoms with Gasteiger partial charge in [-0.05, 0) is 36.1 Å². The number of imidazole rings is 1. The molecule has 0 aliphatic heterocycles. The first-order valence-corrected chi connectivity index (χ1v) is 12.1. The highest BCUT2D eigenvalue weighted by Crippen LogP contribution is 2.10. The van der Waals surface area contributed by atoms with E-state index in [0.29, 0.717) is 23.9 Å². The highest BCUT2D eigenvalue weighted by molar-refractivity contribution is 7.90. The van der Waals surface area contributed by atoms with Gasteiger partial charge >= 0.3 is 0 Å². The van der Waals surface area contributed by atoms with Crippen LogP contribution in [0.4, 0.5) is 0 Å². The van der Waals surface area contributed by atoms with Crippen molar-refractivity contribution < 1.29 is 8.42 Å². The third-order valence-corrected chi connectivity index (χ3v) is 6.11. The fourth-order valence-corrected chi connectivity index (χ4v) is 3.85. The third kappa shape index (κ3) is 6.96. The zero-order valence-electron chi connectivity index (χ0n) is 18.0. The molecule has 7 nitrogen and oxygen atoms in total. The van der Waals surface area contributed by atoms with Crippen LogP contribution in [0.2, 0.25) is 0 Å². The molecule has 0 unspecified atom stereocenters. The highest BCUT2D eigenvalue weighted by atomic mass is 32.2.